The molecule has 0 unspecified atom stereocenters. The molecule has 0 aliphatic heterocycles. The van der Waals surface area contributed by atoms with E-state index in [1.54, 1.807) is 0 Å². The highest BCUT2D eigenvalue weighted by Gasteiger charge is 2.48. The fraction of sp³-hybridized carbons (Fsp3) is 0.360. The summed E-state index contributed by atoms with van der Waals surface area (Å²) in [6.45, 7) is 0. The first-order chi connectivity index (χ1) is 14.1. The van der Waals surface area contributed by atoms with Crippen molar-refractivity contribution < 1.29 is 4.79 Å². The van der Waals surface area contributed by atoms with Crippen LogP contribution in [0.25, 0.3) is 10.8 Å². The summed E-state index contributed by atoms with van der Waals surface area (Å²) in [5.41, 5.74) is 2.65. The van der Waals surface area contributed by atoms with E-state index in [1.807, 2.05) is 36.7 Å². The van der Waals surface area contributed by atoms with Gasteiger partial charge in [0.05, 0.1) is 0 Å². The molecule has 2 aliphatic rings. The Bertz CT molecular complexity index is 1020. The number of rotatable bonds is 3. The molecule has 4 heteroatoms. The lowest BCUT2D eigenvalue weighted by molar-refractivity contribution is -0.128. The van der Waals surface area contributed by atoms with Crippen molar-refractivity contribution in [2.45, 2.75) is 44.4 Å². The van der Waals surface area contributed by atoms with Crippen LogP contribution in [0.15, 0.2) is 60.9 Å². The number of hydrogen-bond donors (Lipinski definition) is 1. The molecule has 1 spiro atoms. The Morgan fingerprint density at radius 2 is 1.79 bits per heavy atom. The number of halogens is 1. The molecular weight excluding hydrogens is 380 g/mol. The van der Waals surface area contributed by atoms with Crippen LogP contribution in [0.5, 0.6) is 0 Å². The highest BCUT2D eigenvalue weighted by molar-refractivity contribution is 6.30. The van der Waals surface area contributed by atoms with Gasteiger partial charge in [0.1, 0.15) is 0 Å². The maximum absolute atomic E-state index is 12.6. The summed E-state index contributed by atoms with van der Waals surface area (Å²) >= 11 is 5.92. The van der Waals surface area contributed by atoms with E-state index in [0.29, 0.717) is 16.4 Å². The summed E-state index contributed by atoms with van der Waals surface area (Å²) in [4.78, 5) is 16.9. The Morgan fingerprint density at radius 3 is 2.55 bits per heavy atom. The molecule has 1 N–H and O–H groups in total. The molecule has 0 saturated heterocycles. The standard InChI is InChI=1S/C25H25ClN2O/c26-20-4-6-21(7-5-20)28-24(29)19-14-25(15-19)11-8-18(9-12-25)22-3-1-2-17-10-13-27-16-23(17)22/h1-7,10,13,16,18-19H,8-9,11-12,14-15H2,(H,28,29). The second kappa shape index (κ2) is 7.46. The van der Waals surface area contributed by atoms with Crippen LogP contribution in [-0.2, 0) is 4.79 Å². The monoisotopic (exact) mass is 404 g/mol. The summed E-state index contributed by atoms with van der Waals surface area (Å²) in [6, 6.07) is 16.0. The van der Waals surface area contributed by atoms with Gasteiger partial charge >= 0.3 is 0 Å². The van der Waals surface area contributed by atoms with Gasteiger partial charge in [-0.25, -0.2) is 0 Å². The van der Waals surface area contributed by atoms with Gasteiger partial charge in [0.25, 0.3) is 0 Å². The molecule has 1 heterocycles. The molecule has 0 radical (unpaired) electrons. The maximum Gasteiger partial charge on any atom is 0.227 e. The van der Waals surface area contributed by atoms with Crippen LogP contribution in [0.2, 0.25) is 5.02 Å². The second-order valence-electron chi connectivity index (χ2n) is 8.82. The van der Waals surface area contributed by atoms with Gasteiger partial charge < -0.3 is 5.32 Å². The number of carbonyl (C=O) groups excluding carboxylic acids is 1. The molecule has 2 fully saturated rings. The number of aromatic nitrogens is 1. The molecule has 148 valence electrons. The van der Waals surface area contributed by atoms with Gasteiger partial charge in [0.2, 0.25) is 5.91 Å². The number of pyridine rings is 1. The Hall–Kier alpha value is -2.39. The molecule has 0 bridgehead atoms. The smallest absolute Gasteiger partial charge is 0.227 e. The van der Waals surface area contributed by atoms with E-state index in [1.165, 1.54) is 42.0 Å². The Balaban J connectivity index is 1.19. The van der Waals surface area contributed by atoms with Gasteiger partial charge in [0.15, 0.2) is 0 Å². The predicted octanol–water partition coefficient (Wildman–Crippen LogP) is 6.58. The third-order valence-corrected chi connectivity index (χ3v) is 7.30. The summed E-state index contributed by atoms with van der Waals surface area (Å²) < 4.78 is 0. The first-order valence-corrected chi connectivity index (χ1v) is 10.9. The van der Waals surface area contributed by atoms with Crippen molar-refractivity contribution >= 4 is 34.0 Å². The second-order valence-corrected chi connectivity index (χ2v) is 9.26. The highest BCUT2D eigenvalue weighted by atomic mass is 35.5. The third-order valence-electron chi connectivity index (χ3n) is 7.04. The van der Waals surface area contributed by atoms with Gasteiger partial charge in [-0.15, -0.1) is 0 Å². The summed E-state index contributed by atoms with van der Waals surface area (Å²) in [5.74, 6) is 0.902. The highest BCUT2D eigenvalue weighted by Crippen LogP contribution is 2.57. The van der Waals surface area contributed by atoms with Crippen molar-refractivity contribution in [2.24, 2.45) is 11.3 Å². The SMILES string of the molecule is O=C(Nc1ccc(Cl)cc1)C1CC2(CCC(c3cccc4ccncc34)CC2)C1. The van der Waals surface area contributed by atoms with Crippen molar-refractivity contribution in [1.29, 1.82) is 0 Å². The molecule has 3 aromatic rings. The number of amides is 1. The van der Waals surface area contributed by atoms with E-state index in [9.17, 15) is 4.79 Å². The van der Waals surface area contributed by atoms with Crippen molar-refractivity contribution in [3.8, 4) is 0 Å². The number of fused-ring (bicyclic) bond motifs is 1. The van der Waals surface area contributed by atoms with E-state index in [2.05, 4.69) is 34.6 Å². The van der Waals surface area contributed by atoms with Crippen molar-refractivity contribution in [3.63, 3.8) is 0 Å². The van der Waals surface area contributed by atoms with Gasteiger partial charge in [-0.3, -0.25) is 9.78 Å². The number of carbonyl (C=O) groups is 1. The molecule has 1 aromatic heterocycles. The molecule has 0 atom stereocenters. The molecule has 1 amide bonds. The predicted molar refractivity (Wildman–Crippen MR) is 118 cm³/mol. The van der Waals surface area contributed by atoms with Crippen LogP contribution in [0.1, 0.15) is 50.0 Å². The van der Waals surface area contributed by atoms with Crippen LogP contribution >= 0.6 is 11.6 Å². The number of nitrogens with one attached hydrogen (secondary N) is 1. The average Bonchev–Trinajstić information content (AvgIpc) is 2.73. The van der Waals surface area contributed by atoms with Crippen LogP contribution < -0.4 is 5.32 Å². The minimum Gasteiger partial charge on any atom is -0.326 e. The van der Waals surface area contributed by atoms with Crippen LogP contribution in [0.3, 0.4) is 0 Å². The molecule has 5 rings (SSSR count). The van der Waals surface area contributed by atoms with Crippen LogP contribution in [0, 0.1) is 11.3 Å². The lowest BCUT2D eigenvalue weighted by atomic mass is 9.54. The number of hydrogen-bond acceptors (Lipinski definition) is 2. The van der Waals surface area contributed by atoms with E-state index in [0.717, 1.165) is 18.5 Å². The fourth-order valence-corrected chi connectivity index (χ4v) is 5.52. The van der Waals surface area contributed by atoms with E-state index >= 15 is 0 Å². The minimum atomic E-state index is 0.143. The molecule has 3 nitrogen and oxygen atoms in total. The zero-order valence-corrected chi connectivity index (χ0v) is 17.2. The van der Waals surface area contributed by atoms with Gasteiger partial charge in [-0.2, -0.15) is 0 Å². The Morgan fingerprint density at radius 1 is 1.03 bits per heavy atom. The largest absolute Gasteiger partial charge is 0.326 e. The number of benzene rings is 2. The van der Waals surface area contributed by atoms with Gasteiger partial charge in [-0.1, -0.05) is 29.8 Å². The molecule has 2 aromatic carbocycles. The minimum absolute atomic E-state index is 0.143. The molecule has 2 saturated carbocycles. The molecular formula is C25H25ClN2O. The summed E-state index contributed by atoms with van der Waals surface area (Å²) in [5, 5.41) is 6.30. The third kappa shape index (κ3) is 3.64. The van der Waals surface area contributed by atoms with Crippen molar-refractivity contribution in [2.75, 3.05) is 5.32 Å². The van der Waals surface area contributed by atoms with E-state index in [-0.39, 0.29) is 11.8 Å². The molecule has 2 aliphatic carbocycles. The molecule has 29 heavy (non-hydrogen) atoms. The Labute approximate surface area is 176 Å². The van der Waals surface area contributed by atoms with Crippen molar-refractivity contribution in [1.82, 2.24) is 4.98 Å². The fourth-order valence-electron chi connectivity index (χ4n) is 5.39. The zero-order valence-electron chi connectivity index (χ0n) is 16.4. The lowest BCUT2D eigenvalue weighted by Crippen LogP contribution is -2.45. The summed E-state index contributed by atoms with van der Waals surface area (Å²) in [6.07, 6.45) is 10.8. The van der Waals surface area contributed by atoms with E-state index < -0.39 is 0 Å². The zero-order chi connectivity index (χ0) is 19.8. The Kier molecular flexibility index (Phi) is 4.79. The number of nitrogens with zero attached hydrogens (tertiary/aromatic N) is 1. The van der Waals surface area contributed by atoms with Crippen molar-refractivity contribution in [3.05, 3.63) is 71.5 Å². The van der Waals surface area contributed by atoms with E-state index in [4.69, 9.17) is 11.6 Å². The summed E-state index contributed by atoms with van der Waals surface area (Å²) in [7, 11) is 0. The quantitative estimate of drug-likeness (QED) is 0.535. The first-order valence-electron chi connectivity index (χ1n) is 10.5. The van der Waals surface area contributed by atoms with Crippen LogP contribution in [-0.4, -0.2) is 10.9 Å². The lowest BCUT2D eigenvalue weighted by Gasteiger charge is -2.51. The van der Waals surface area contributed by atoms with Gasteiger partial charge in [-0.05, 0) is 91.1 Å². The van der Waals surface area contributed by atoms with Crippen LogP contribution in [0.4, 0.5) is 5.69 Å². The first kappa shape index (κ1) is 18.6. The maximum atomic E-state index is 12.6. The normalized spacial score (nSPS) is 26.2. The van der Waals surface area contributed by atoms with Gasteiger partial charge in [0, 0.05) is 34.4 Å². The topological polar surface area (TPSA) is 42.0 Å². The average molecular weight is 405 g/mol. The number of anilines is 1.